The second-order valence-electron chi connectivity index (χ2n) is 11.5. The van der Waals surface area contributed by atoms with E-state index in [2.05, 4.69) is 10.1 Å². The van der Waals surface area contributed by atoms with Crippen molar-refractivity contribution in [1.29, 1.82) is 0 Å². The average Bonchev–Trinajstić information content (AvgIpc) is 2.98. The molecule has 252 valence electrons. The van der Waals surface area contributed by atoms with Crippen LogP contribution in [-0.4, -0.2) is 46.7 Å². The summed E-state index contributed by atoms with van der Waals surface area (Å²) in [5, 5.41) is 2.95. The predicted octanol–water partition coefficient (Wildman–Crippen LogP) is 5.39. The maximum atomic E-state index is 15.4. The zero-order valence-corrected chi connectivity index (χ0v) is 25.2. The first-order valence-corrected chi connectivity index (χ1v) is 14.6. The van der Waals surface area contributed by atoms with Crippen LogP contribution in [0.15, 0.2) is 53.3 Å². The fourth-order valence-corrected chi connectivity index (χ4v) is 5.31. The number of hydrogen-bond donors (Lipinski definition) is 2. The topological polar surface area (TPSA) is 130 Å². The SMILES string of the molecule is CC(C)C[C@H](NC1CCC(Oc2cc(F)c(-n3c(N)c(C(=O)c4ccc(F)cc4)ccc3=O)c(F)c2)CC1)C(=O)OC(=O)C(F)(F)F. The van der Waals surface area contributed by atoms with Crippen LogP contribution >= 0.6 is 0 Å². The molecule has 9 nitrogen and oxygen atoms in total. The molecule has 1 saturated carbocycles. The fraction of sp³-hybridized carbons (Fsp3) is 0.375. The van der Waals surface area contributed by atoms with E-state index in [9.17, 15) is 36.7 Å². The number of halogens is 6. The van der Waals surface area contributed by atoms with Crippen molar-refractivity contribution in [2.45, 2.75) is 70.3 Å². The lowest BCUT2D eigenvalue weighted by molar-refractivity contribution is -0.202. The third kappa shape index (κ3) is 8.58. The van der Waals surface area contributed by atoms with Gasteiger partial charge in [-0.3, -0.25) is 14.2 Å². The Morgan fingerprint density at radius 1 is 0.957 bits per heavy atom. The molecule has 1 aliphatic carbocycles. The Morgan fingerprint density at radius 3 is 2.11 bits per heavy atom. The van der Waals surface area contributed by atoms with E-state index in [1.54, 1.807) is 13.8 Å². The normalized spacial score (nSPS) is 17.3. The number of rotatable bonds is 10. The van der Waals surface area contributed by atoms with Crippen LogP contribution in [0.2, 0.25) is 0 Å². The van der Waals surface area contributed by atoms with Gasteiger partial charge in [0.15, 0.2) is 17.4 Å². The van der Waals surface area contributed by atoms with E-state index in [4.69, 9.17) is 10.5 Å². The molecule has 0 aliphatic heterocycles. The second-order valence-corrected chi connectivity index (χ2v) is 11.5. The largest absolute Gasteiger partial charge is 0.491 e. The molecule has 4 rings (SSSR count). The Balaban J connectivity index is 1.45. The van der Waals surface area contributed by atoms with Crippen molar-refractivity contribution in [3.05, 3.63) is 87.5 Å². The Kier molecular flexibility index (Phi) is 10.8. The van der Waals surface area contributed by atoms with E-state index in [0.717, 1.165) is 36.4 Å². The predicted molar refractivity (Wildman–Crippen MR) is 156 cm³/mol. The number of pyridine rings is 1. The van der Waals surface area contributed by atoms with Crippen LogP contribution in [-0.2, 0) is 14.3 Å². The number of hydrogen-bond acceptors (Lipinski definition) is 8. The molecule has 3 aromatic rings. The molecule has 3 N–H and O–H groups in total. The molecule has 0 spiro atoms. The quantitative estimate of drug-likeness (QED) is 0.127. The van der Waals surface area contributed by atoms with Gasteiger partial charge in [-0.25, -0.2) is 22.8 Å². The smallest absolute Gasteiger partial charge is 0.490 e. The molecule has 15 heteroatoms. The molecule has 1 aliphatic rings. The molecule has 1 atom stereocenters. The van der Waals surface area contributed by atoms with Crippen LogP contribution in [0, 0.1) is 23.4 Å². The number of alkyl halides is 3. The Labute approximate surface area is 264 Å². The van der Waals surface area contributed by atoms with Crippen molar-refractivity contribution in [2.24, 2.45) is 5.92 Å². The van der Waals surface area contributed by atoms with Gasteiger partial charge in [-0.1, -0.05) is 13.8 Å². The lowest BCUT2D eigenvalue weighted by Gasteiger charge is -2.32. The van der Waals surface area contributed by atoms with E-state index >= 15 is 8.78 Å². The molecule has 2 aromatic carbocycles. The lowest BCUT2D eigenvalue weighted by atomic mass is 9.91. The number of nitrogen functional groups attached to an aromatic ring is 1. The number of anilines is 1. The van der Waals surface area contributed by atoms with Crippen LogP contribution in [0.5, 0.6) is 5.75 Å². The molecule has 1 fully saturated rings. The van der Waals surface area contributed by atoms with Crippen LogP contribution in [0.1, 0.15) is 61.9 Å². The summed E-state index contributed by atoms with van der Waals surface area (Å²) >= 11 is 0. The van der Waals surface area contributed by atoms with E-state index in [1.807, 2.05) is 0 Å². The van der Waals surface area contributed by atoms with Crippen molar-refractivity contribution in [3.63, 3.8) is 0 Å². The molecule has 0 unspecified atom stereocenters. The first kappa shape index (κ1) is 35.2. The van der Waals surface area contributed by atoms with Gasteiger partial charge in [-0.05, 0) is 68.4 Å². The minimum absolute atomic E-state index is 0.0323. The van der Waals surface area contributed by atoms with Crippen molar-refractivity contribution in [2.75, 3.05) is 5.73 Å². The molecule has 0 bridgehead atoms. The summed E-state index contributed by atoms with van der Waals surface area (Å²) < 4.78 is 92.0. The number of ether oxygens (including phenoxy) is 2. The number of ketones is 1. The summed E-state index contributed by atoms with van der Waals surface area (Å²) in [4.78, 5) is 49.1. The molecule has 0 amide bonds. The first-order valence-electron chi connectivity index (χ1n) is 14.6. The van der Waals surface area contributed by atoms with E-state index < -0.39 is 70.6 Å². The molecule has 1 aromatic heterocycles. The zero-order chi connectivity index (χ0) is 34.6. The van der Waals surface area contributed by atoms with Crippen molar-refractivity contribution in [3.8, 4) is 11.4 Å². The maximum absolute atomic E-state index is 15.4. The van der Waals surface area contributed by atoms with Gasteiger partial charge in [-0.15, -0.1) is 0 Å². The summed E-state index contributed by atoms with van der Waals surface area (Å²) in [6, 6.07) is 6.71. The highest BCUT2D eigenvalue weighted by atomic mass is 19.4. The highest BCUT2D eigenvalue weighted by Gasteiger charge is 2.43. The molecule has 1 heterocycles. The molecular weight excluding hydrogens is 636 g/mol. The summed E-state index contributed by atoms with van der Waals surface area (Å²) in [6.07, 6.45) is -4.29. The summed E-state index contributed by atoms with van der Waals surface area (Å²) in [5.74, 6) is -8.49. The monoisotopic (exact) mass is 667 g/mol. The third-order valence-electron chi connectivity index (χ3n) is 7.53. The van der Waals surface area contributed by atoms with E-state index in [1.165, 1.54) is 12.1 Å². The van der Waals surface area contributed by atoms with Crippen LogP contribution < -0.4 is 21.3 Å². The summed E-state index contributed by atoms with van der Waals surface area (Å²) in [6.45, 7) is 3.49. The van der Waals surface area contributed by atoms with Gasteiger partial charge in [0.25, 0.3) is 5.56 Å². The number of benzene rings is 2. The fourth-order valence-electron chi connectivity index (χ4n) is 5.31. The standard InChI is InChI=1S/C32H31F6N3O6/c1-16(2)13-25(30(44)47-31(45)32(36,37)38)40-19-7-9-20(10-8-19)46-21-14-23(34)27(24(35)15-21)41-26(42)12-11-22(29(41)39)28(43)17-3-5-18(33)6-4-17/h3-6,11-12,14-16,19-20,25,40H,7-10,13,39H2,1-2H3/t19?,20?,25-/m0/s1. The minimum Gasteiger partial charge on any atom is -0.490 e. The zero-order valence-electron chi connectivity index (χ0n) is 25.2. The molecule has 47 heavy (non-hydrogen) atoms. The highest BCUT2D eigenvalue weighted by Crippen LogP contribution is 2.30. The molecular formula is C32H31F6N3O6. The third-order valence-corrected chi connectivity index (χ3v) is 7.53. The Hall–Kier alpha value is -4.66. The van der Waals surface area contributed by atoms with Crippen LogP contribution in [0.3, 0.4) is 0 Å². The van der Waals surface area contributed by atoms with Crippen LogP contribution in [0.4, 0.5) is 32.2 Å². The van der Waals surface area contributed by atoms with Gasteiger partial charge in [0.2, 0.25) is 0 Å². The minimum atomic E-state index is -5.32. The maximum Gasteiger partial charge on any atom is 0.491 e. The Morgan fingerprint density at radius 2 is 1.55 bits per heavy atom. The van der Waals surface area contributed by atoms with E-state index in [0.29, 0.717) is 30.3 Å². The van der Waals surface area contributed by atoms with Crippen molar-refractivity contribution in [1.82, 2.24) is 9.88 Å². The number of esters is 2. The highest BCUT2D eigenvalue weighted by molar-refractivity contribution is 6.11. The number of carbonyl (C=O) groups is 3. The molecule has 0 radical (unpaired) electrons. The van der Waals surface area contributed by atoms with Gasteiger partial charge in [-0.2, -0.15) is 13.2 Å². The van der Waals surface area contributed by atoms with Gasteiger partial charge in [0, 0.05) is 29.8 Å². The number of aromatic nitrogens is 1. The Bertz CT molecular complexity index is 1680. The van der Waals surface area contributed by atoms with Gasteiger partial charge < -0.3 is 20.5 Å². The van der Waals surface area contributed by atoms with E-state index in [-0.39, 0.29) is 35.3 Å². The van der Waals surface area contributed by atoms with Gasteiger partial charge >= 0.3 is 18.1 Å². The van der Waals surface area contributed by atoms with Gasteiger partial charge in [0.1, 0.15) is 29.1 Å². The number of nitrogens with one attached hydrogen (secondary N) is 1. The van der Waals surface area contributed by atoms with Crippen molar-refractivity contribution >= 4 is 23.5 Å². The molecule has 0 saturated heterocycles. The lowest BCUT2D eigenvalue weighted by Crippen LogP contribution is -2.48. The first-order chi connectivity index (χ1) is 22.0. The second kappa shape index (κ2) is 14.4. The number of carbonyl (C=O) groups excluding carboxylic acids is 3. The number of nitrogens with zero attached hydrogens (tertiary/aromatic N) is 1. The van der Waals surface area contributed by atoms with Crippen LogP contribution in [0.25, 0.3) is 5.69 Å². The summed E-state index contributed by atoms with van der Waals surface area (Å²) in [7, 11) is 0. The van der Waals surface area contributed by atoms with Gasteiger partial charge in [0.05, 0.1) is 11.7 Å². The summed E-state index contributed by atoms with van der Waals surface area (Å²) in [5.41, 5.74) is 4.08. The average molecular weight is 668 g/mol. The number of nitrogens with two attached hydrogens (primary N) is 1. The van der Waals surface area contributed by atoms with Crippen molar-refractivity contribution < 1.29 is 50.2 Å².